The predicted molar refractivity (Wildman–Crippen MR) is 347 cm³/mol. The second-order valence-electron chi connectivity index (χ2n) is 24.9. The van der Waals surface area contributed by atoms with Crippen molar-refractivity contribution in [2.24, 2.45) is 0 Å². The van der Waals surface area contributed by atoms with Gasteiger partial charge in [0.05, 0.1) is 27.7 Å². The molecule has 0 fully saturated rings. The van der Waals surface area contributed by atoms with Gasteiger partial charge in [0.1, 0.15) is 19.8 Å². The summed E-state index contributed by atoms with van der Waals surface area (Å²) in [6.07, 6.45) is 80.7. The molecular weight excluding hydrogens is 1030 g/mol. The van der Waals surface area contributed by atoms with Crippen LogP contribution in [0.2, 0.25) is 0 Å². The monoisotopic (exact) mass is 1160 g/mol. The standard InChI is InChI=1S/C71H134NO8P/c1-6-8-10-12-14-16-18-20-22-24-25-26-27-28-29-30-31-32-33-34-35-36-37-38-39-40-41-42-43-44-45-46-47-48-50-52-54-56-58-60-62-64-71(74)80-69(68-79-81(75,76)78-66-65-72(3,4)5)67-77-70(73)63-61-59-57-55-53-51-49-23-21-19-17-15-13-11-9-7-2/h18,20,23-25,27-28,49,69H,6-17,19,21-22,26,29-48,50-68H2,1-5H3/b20-18-,25-24-,28-27-,49-23-. The van der Waals surface area contributed by atoms with Crippen molar-refractivity contribution in [3.05, 3.63) is 48.6 Å². The number of esters is 2. The summed E-state index contributed by atoms with van der Waals surface area (Å²) in [5.41, 5.74) is 0. The summed E-state index contributed by atoms with van der Waals surface area (Å²) in [5, 5.41) is 0. The van der Waals surface area contributed by atoms with Crippen molar-refractivity contribution in [2.75, 3.05) is 47.5 Å². The average molecular weight is 1160 g/mol. The van der Waals surface area contributed by atoms with Crippen LogP contribution in [-0.2, 0) is 32.7 Å². The lowest BCUT2D eigenvalue weighted by molar-refractivity contribution is -0.870. The molecule has 2 atom stereocenters. The van der Waals surface area contributed by atoms with E-state index in [1.54, 1.807) is 0 Å². The van der Waals surface area contributed by atoms with Crippen LogP contribution in [0, 0.1) is 0 Å². The van der Waals surface area contributed by atoms with Crippen LogP contribution in [0.3, 0.4) is 0 Å². The lowest BCUT2D eigenvalue weighted by Crippen LogP contribution is -2.37. The Kier molecular flexibility index (Phi) is 60.9. The molecule has 0 amide bonds. The molecule has 0 aromatic rings. The normalized spacial score (nSPS) is 13.4. The number of allylic oxidation sites excluding steroid dienone is 8. The molecule has 0 radical (unpaired) electrons. The summed E-state index contributed by atoms with van der Waals surface area (Å²) < 4.78 is 34.2. The number of carbonyl (C=O) groups excluding carboxylic acids is 2. The van der Waals surface area contributed by atoms with Crippen LogP contribution in [0.1, 0.15) is 341 Å². The largest absolute Gasteiger partial charge is 0.756 e. The van der Waals surface area contributed by atoms with Crippen LogP contribution >= 0.6 is 7.82 Å². The third kappa shape index (κ3) is 67.0. The summed E-state index contributed by atoms with van der Waals surface area (Å²) in [5.74, 6) is -0.827. The number of ether oxygens (including phenoxy) is 2. The van der Waals surface area contributed by atoms with Gasteiger partial charge >= 0.3 is 11.9 Å². The highest BCUT2D eigenvalue weighted by atomic mass is 31.2. The summed E-state index contributed by atoms with van der Waals surface area (Å²) in [4.78, 5) is 37.9. The van der Waals surface area contributed by atoms with Crippen LogP contribution in [0.5, 0.6) is 0 Å². The van der Waals surface area contributed by atoms with Crippen molar-refractivity contribution in [1.29, 1.82) is 0 Å². The molecule has 0 aliphatic heterocycles. The van der Waals surface area contributed by atoms with Gasteiger partial charge in [0.15, 0.2) is 6.10 Å². The average Bonchev–Trinajstić information content (AvgIpc) is 3.43. The molecule has 0 aliphatic carbocycles. The Morgan fingerprint density at radius 2 is 0.667 bits per heavy atom. The third-order valence-corrected chi connectivity index (χ3v) is 16.5. The smallest absolute Gasteiger partial charge is 0.306 e. The maximum atomic E-state index is 12.8. The zero-order chi connectivity index (χ0) is 59.1. The SMILES string of the molecule is CCCCCCC/C=C\C/C=C\C/C=C\CCCCCCCCCCCCCCCCCCCCCCCCCCCCC(=O)OC(COC(=O)CCCCCCC/C=C\CCCCCCCCC)COP(=O)([O-])OCC[N+](C)(C)C. The fourth-order valence-corrected chi connectivity index (χ4v) is 10.9. The molecule has 0 aliphatic rings. The van der Waals surface area contributed by atoms with Crippen molar-refractivity contribution in [3.8, 4) is 0 Å². The maximum absolute atomic E-state index is 12.8. The molecule has 0 rings (SSSR count). The van der Waals surface area contributed by atoms with E-state index >= 15 is 0 Å². The van der Waals surface area contributed by atoms with Gasteiger partial charge in [-0.25, -0.2) is 0 Å². The minimum Gasteiger partial charge on any atom is -0.756 e. The molecule has 0 aromatic carbocycles. The van der Waals surface area contributed by atoms with Gasteiger partial charge in [-0.2, -0.15) is 0 Å². The molecule has 10 heteroatoms. The molecule has 81 heavy (non-hydrogen) atoms. The van der Waals surface area contributed by atoms with Crippen molar-refractivity contribution >= 4 is 19.8 Å². The number of nitrogens with zero attached hydrogens (tertiary/aromatic N) is 1. The molecular formula is C71H134NO8P. The topological polar surface area (TPSA) is 111 Å². The van der Waals surface area contributed by atoms with Crippen LogP contribution in [-0.4, -0.2) is 70.0 Å². The van der Waals surface area contributed by atoms with E-state index in [0.717, 1.165) is 64.2 Å². The molecule has 0 saturated carbocycles. The molecule has 2 unspecified atom stereocenters. The minimum absolute atomic E-state index is 0.0301. The number of likely N-dealkylation sites (N-methyl/N-ethyl adjacent to an activating group) is 1. The van der Waals surface area contributed by atoms with Crippen LogP contribution in [0.25, 0.3) is 0 Å². The Balaban J connectivity index is 3.87. The van der Waals surface area contributed by atoms with Crippen LogP contribution in [0.4, 0.5) is 0 Å². The predicted octanol–water partition coefficient (Wildman–Crippen LogP) is 21.8. The van der Waals surface area contributed by atoms with E-state index in [1.165, 1.54) is 244 Å². The van der Waals surface area contributed by atoms with Gasteiger partial charge in [-0.1, -0.05) is 300 Å². The number of hydrogen-bond acceptors (Lipinski definition) is 8. The van der Waals surface area contributed by atoms with Crippen molar-refractivity contribution in [1.82, 2.24) is 0 Å². The Morgan fingerprint density at radius 1 is 0.383 bits per heavy atom. The van der Waals surface area contributed by atoms with Gasteiger partial charge < -0.3 is 27.9 Å². The van der Waals surface area contributed by atoms with E-state index in [-0.39, 0.29) is 32.0 Å². The second-order valence-corrected chi connectivity index (χ2v) is 26.3. The molecule has 0 bridgehead atoms. The summed E-state index contributed by atoms with van der Waals surface area (Å²) in [6, 6.07) is 0. The molecule has 0 aromatic heterocycles. The number of phosphoric ester groups is 1. The first kappa shape index (κ1) is 79.0. The zero-order valence-corrected chi connectivity index (χ0v) is 55.1. The molecule has 9 nitrogen and oxygen atoms in total. The lowest BCUT2D eigenvalue weighted by atomic mass is 10.0. The minimum atomic E-state index is -4.64. The van der Waals surface area contributed by atoms with Gasteiger partial charge in [0.25, 0.3) is 7.82 Å². The van der Waals surface area contributed by atoms with Gasteiger partial charge in [0, 0.05) is 12.8 Å². The first-order chi connectivity index (χ1) is 39.5. The van der Waals surface area contributed by atoms with Crippen molar-refractivity contribution < 1.29 is 42.1 Å². The van der Waals surface area contributed by atoms with Gasteiger partial charge in [-0.15, -0.1) is 0 Å². The summed E-state index contributed by atoms with van der Waals surface area (Å²) in [7, 11) is 1.18. The highest BCUT2D eigenvalue weighted by Gasteiger charge is 2.22. The number of hydrogen-bond donors (Lipinski definition) is 0. The number of quaternary nitrogens is 1. The molecule has 476 valence electrons. The number of rotatable bonds is 65. The molecule has 0 N–H and O–H groups in total. The van der Waals surface area contributed by atoms with E-state index in [1.807, 2.05) is 21.1 Å². The second kappa shape index (κ2) is 62.5. The van der Waals surface area contributed by atoms with Crippen molar-refractivity contribution in [3.63, 3.8) is 0 Å². The Labute approximate surface area is 503 Å². The fourth-order valence-electron chi connectivity index (χ4n) is 10.2. The highest BCUT2D eigenvalue weighted by Crippen LogP contribution is 2.38. The zero-order valence-electron chi connectivity index (χ0n) is 54.2. The maximum Gasteiger partial charge on any atom is 0.306 e. The van der Waals surface area contributed by atoms with Crippen molar-refractivity contribution in [2.45, 2.75) is 347 Å². The third-order valence-electron chi connectivity index (χ3n) is 15.6. The fraction of sp³-hybridized carbons (Fsp3) is 0.859. The molecule has 0 spiro atoms. The van der Waals surface area contributed by atoms with Crippen LogP contribution < -0.4 is 4.89 Å². The van der Waals surface area contributed by atoms with Gasteiger partial charge in [0.2, 0.25) is 0 Å². The lowest BCUT2D eigenvalue weighted by Gasteiger charge is -2.28. The first-order valence-corrected chi connectivity index (χ1v) is 36.3. The van der Waals surface area contributed by atoms with Crippen LogP contribution in [0.15, 0.2) is 48.6 Å². The Hall–Kier alpha value is -2.03. The quantitative estimate of drug-likeness (QED) is 0.0195. The van der Waals surface area contributed by atoms with E-state index in [4.69, 9.17) is 18.5 Å². The Morgan fingerprint density at radius 3 is 1.00 bits per heavy atom. The molecule has 0 saturated heterocycles. The number of carbonyl (C=O) groups is 2. The van der Waals surface area contributed by atoms with Gasteiger partial charge in [-0.05, 0) is 77.0 Å². The number of phosphoric acid groups is 1. The van der Waals surface area contributed by atoms with E-state index in [0.29, 0.717) is 17.4 Å². The summed E-state index contributed by atoms with van der Waals surface area (Å²) in [6.45, 7) is 4.26. The Bertz CT molecular complexity index is 1510. The first-order valence-electron chi connectivity index (χ1n) is 34.8. The number of unbranched alkanes of at least 4 members (excludes halogenated alkanes) is 43. The van der Waals surface area contributed by atoms with E-state index < -0.39 is 26.5 Å². The van der Waals surface area contributed by atoms with E-state index in [2.05, 4.69) is 62.5 Å². The highest BCUT2D eigenvalue weighted by molar-refractivity contribution is 7.45. The summed E-state index contributed by atoms with van der Waals surface area (Å²) >= 11 is 0. The van der Waals surface area contributed by atoms with Gasteiger partial charge in [-0.3, -0.25) is 14.2 Å². The van der Waals surface area contributed by atoms with E-state index in [9.17, 15) is 19.0 Å². The molecule has 0 heterocycles.